The van der Waals surface area contributed by atoms with Crippen LogP contribution in [0.15, 0.2) is 41.3 Å². The molecule has 0 spiro atoms. The fraction of sp³-hybridized carbons (Fsp3) is 0. The molecule has 8 heteroatoms. The van der Waals surface area contributed by atoms with Gasteiger partial charge in [-0.15, -0.1) is 0 Å². The highest BCUT2D eigenvalue weighted by Crippen LogP contribution is 2.27. The van der Waals surface area contributed by atoms with Crippen LogP contribution in [0.4, 0.5) is 5.82 Å². The number of nitrogens with one attached hydrogen (secondary N) is 1. The highest BCUT2D eigenvalue weighted by atomic mass is 35.5. The van der Waals surface area contributed by atoms with E-state index in [2.05, 4.69) is 10.3 Å². The number of carbonyl (C=O) groups excluding carboxylic acids is 2. The summed E-state index contributed by atoms with van der Waals surface area (Å²) < 4.78 is 1.18. The molecule has 0 unspecified atom stereocenters. The van der Waals surface area contributed by atoms with Gasteiger partial charge in [-0.3, -0.25) is 29.3 Å². The van der Waals surface area contributed by atoms with E-state index in [4.69, 9.17) is 17.3 Å². The first-order valence-electron chi connectivity index (χ1n) is 6.93. The molecule has 3 aromatic rings. The minimum atomic E-state index is -0.631. The maximum atomic E-state index is 12.5. The number of amides is 2. The van der Waals surface area contributed by atoms with Crippen LogP contribution in [0.25, 0.3) is 16.6 Å². The summed E-state index contributed by atoms with van der Waals surface area (Å²) in [5.41, 5.74) is 6.54. The van der Waals surface area contributed by atoms with Crippen LogP contribution in [0, 0.1) is 0 Å². The van der Waals surface area contributed by atoms with Crippen molar-refractivity contribution in [3.63, 3.8) is 0 Å². The Morgan fingerprint density at radius 3 is 2.71 bits per heavy atom. The van der Waals surface area contributed by atoms with Gasteiger partial charge in [0.25, 0.3) is 17.4 Å². The fourth-order valence-corrected chi connectivity index (χ4v) is 2.99. The van der Waals surface area contributed by atoms with Crippen molar-refractivity contribution in [2.75, 3.05) is 5.73 Å². The Balaban J connectivity index is 2.11. The van der Waals surface area contributed by atoms with Gasteiger partial charge in [0.15, 0.2) is 0 Å². The van der Waals surface area contributed by atoms with E-state index in [1.807, 2.05) is 0 Å². The summed E-state index contributed by atoms with van der Waals surface area (Å²) in [5, 5.41) is 3.13. The third kappa shape index (κ3) is 1.92. The molecular weight excluding hydrogens is 332 g/mol. The highest BCUT2D eigenvalue weighted by Gasteiger charge is 2.32. The molecule has 1 aliphatic heterocycles. The molecule has 2 aromatic heterocycles. The quantitative estimate of drug-likeness (QED) is 0.653. The number of hydrogen-bond donors (Lipinski definition) is 2. The van der Waals surface area contributed by atoms with Crippen molar-refractivity contribution in [2.24, 2.45) is 0 Å². The lowest BCUT2D eigenvalue weighted by Crippen LogP contribution is -2.24. The van der Waals surface area contributed by atoms with Gasteiger partial charge in [0, 0.05) is 17.6 Å². The molecule has 3 N–H and O–H groups in total. The number of halogens is 1. The van der Waals surface area contributed by atoms with E-state index >= 15 is 0 Å². The smallest absolute Gasteiger partial charge is 0.262 e. The number of anilines is 1. The Hall–Kier alpha value is -3.19. The van der Waals surface area contributed by atoms with Crippen LogP contribution in [-0.2, 0) is 0 Å². The first-order valence-corrected chi connectivity index (χ1v) is 7.31. The zero-order valence-electron chi connectivity index (χ0n) is 12.0. The number of fused-ring (bicyclic) bond motifs is 2. The topological polar surface area (TPSA) is 107 Å². The first-order chi connectivity index (χ1) is 11.5. The minimum absolute atomic E-state index is 0.00779. The van der Waals surface area contributed by atoms with Gasteiger partial charge in [-0.2, -0.15) is 0 Å². The monoisotopic (exact) mass is 340 g/mol. The Labute approximate surface area is 139 Å². The van der Waals surface area contributed by atoms with Gasteiger partial charge in [-0.25, -0.2) is 0 Å². The summed E-state index contributed by atoms with van der Waals surface area (Å²) in [6, 6.07) is 7.90. The van der Waals surface area contributed by atoms with E-state index in [0.717, 1.165) is 6.07 Å². The summed E-state index contributed by atoms with van der Waals surface area (Å²) in [7, 11) is 0. The van der Waals surface area contributed by atoms with Crippen LogP contribution in [-0.4, -0.2) is 21.4 Å². The van der Waals surface area contributed by atoms with Crippen molar-refractivity contribution >= 4 is 40.1 Å². The lowest BCUT2D eigenvalue weighted by molar-refractivity contribution is 0.0880. The summed E-state index contributed by atoms with van der Waals surface area (Å²) in [6.45, 7) is 0. The van der Waals surface area contributed by atoms with E-state index in [9.17, 15) is 14.4 Å². The van der Waals surface area contributed by atoms with Gasteiger partial charge in [0.05, 0.1) is 27.4 Å². The van der Waals surface area contributed by atoms with Gasteiger partial charge in [0.2, 0.25) is 0 Å². The standard InChI is InChI=1S/C16H9ClN4O3/c17-7-4-8-10(19-6-7)2-1-3-11(8)21-12(22)5-9-13(14(21)18)16(24)20-15(9)23/h1-6H,18H2,(H,20,23,24). The lowest BCUT2D eigenvalue weighted by Gasteiger charge is -2.14. The van der Waals surface area contributed by atoms with E-state index in [1.54, 1.807) is 24.3 Å². The molecule has 0 saturated heterocycles. The van der Waals surface area contributed by atoms with Crippen molar-refractivity contribution < 1.29 is 9.59 Å². The van der Waals surface area contributed by atoms with Gasteiger partial charge >= 0.3 is 0 Å². The zero-order chi connectivity index (χ0) is 17.0. The zero-order valence-corrected chi connectivity index (χ0v) is 12.8. The Kier molecular flexibility index (Phi) is 2.94. The minimum Gasteiger partial charge on any atom is -0.384 e. The molecule has 3 heterocycles. The highest BCUT2D eigenvalue weighted by molar-refractivity contribution is 6.31. The number of hydrogen-bond acceptors (Lipinski definition) is 5. The van der Waals surface area contributed by atoms with Crippen LogP contribution in [0.5, 0.6) is 0 Å². The molecule has 24 heavy (non-hydrogen) atoms. The van der Waals surface area contributed by atoms with Crippen molar-refractivity contribution in [1.29, 1.82) is 0 Å². The lowest BCUT2D eigenvalue weighted by atomic mass is 10.1. The molecule has 0 aliphatic carbocycles. The largest absolute Gasteiger partial charge is 0.384 e. The summed E-state index contributed by atoms with van der Waals surface area (Å²) in [6.07, 6.45) is 1.49. The number of rotatable bonds is 1. The number of nitrogens with zero attached hydrogens (tertiary/aromatic N) is 2. The third-order valence-corrected chi connectivity index (χ3v) is 4.07. The summed E-state index contributed by atoms with van der Waals surface area (Å²) in [4.78, 5) is 40.4. The average molecular weight is 341 g/mol. The maximum absolute atomic E-state index is 12.5. The van der Waals surface area contributed by atoms with E-state index in [0.29, 0.717) is 21.6 Å². The number of nitrogen functional groups attached to an aromatic ring is 1. The van der Waals surface area contributed by atoms with Gasteiger partial charge in [-0.05, 0) is 18.2 Å². The number of imide groups is 1. The second kappa shape index (κ2) is 4.90. The van der Waals surface area contributed by atoms with Crippen LogP contribution in [0.1, 0.15) is 20.7 Å². The second-order valence-corrected chi connectivity index (χ2v) is 5.71. The molecule has 0 fully saturated rings. The third-order valence-electron chi connectivity index (χ3n) is 3.86. The Morgan fingerprint density at radius 1 is 1.12 bits per heavy atom. The van der Waals surface area contributed by atoms with Crippen molar-refractivity contribution in [1.82, 2.24) is 14.9 Å². The van der Waals surface area contributed by atoms with Crippen LogP contribution >= 0.6 is 11.6 Å². The maximum Gasteiger partial charge on any atom is 0.262 e. The second-order valence-electron chi connectivity index (χ2n) is 5.27. The van der Waals surface area contributed by atoms with E-state index < -0.39 is 17.4 Å². The molecule has 1 aliphatic rings. The van der Waals surface area contributed by atoms with Crippen molar-refractivity contribution in [3.05, 3.63) is 63.0 Å². The fourth-order valence-electron chi connectivity index (χ4n) is 2.83. The molecule has 118 valence electrons. The molecule has 1 aromatic carbocycles. The van der Waals surface area contributed by atoms with Crippen molar-refractivity contribution in [2.45, 2.75) is 0 Å². The van der Waals surface area contributed by atoms with Gasteiger partial charge in [-0.1, -0.05) is 17.7 Å². The SMILES string of the molecule is Nc1c2c(cc(=O)n1-c1cccc3ncc(Cl)cc13)C(=O)NC2=O. The number of pyridine rings is 2. The number of benzene rings is 1. The summed E-state index contributed by atoms with van der Waals surface area (Å²) >= 11 is 6.00. The predicted molar refractivity (Wildman–Crippen MR) is 88.6 cm³/mol. The number of carbonyl (C=O) groups is 2. The molecule has 0 atom stereocenters. The normalized spacial score (nSPS) is 13.2. The number of nitrogens with two attached hydrogens (primary N) is 1. The average Bonchev–Trinajstić information content (AvgIpc) is 2.82. The molecule has 4 rings (SSSR count). The van der Waals surface area contributed by atoms with E-state index in [-0.39, 0.29) is 16.9 Å². The molecule has 7 nitrogen and oxygen atoms in total. The van der Waals surface area contributed by atoms with Crippen LogP contribution in [0.3, 0.4) is 0 Å². The molecule has 0 bridgehead atoms. The Morgan fingerprint density at radius 2 is 1.92 bits per heavy atom. The van der Waals surface area contributed by atoms with Crippen molar-refractivity contribution in [3.8, 4) is 5.69 Å². The first kappa shape index (κ1) is 14.4. The van der Waals surface area contributed by atoms with Gasteiger partial charge < -0.3 is 5.73 Å². The van der Waals surface area contributed by atoms with E-state index in [1.165, 1.54) is 10.8 Å². The molecule has 0 radical (unpaired) electrons. The molecule has 2 amide bonds. The summed E-state index contributed by atoms with van der Waals surface area (Å²) in [5.74, 6) is -1.36. The Bertz CT molecular complexity index is 1120. The van der Waals surface area contributed by atoms with Crippen LogP contribution < -0.4 is 16.6 Å². The van der Waals surface area contributed by atoms with Gasteiger partial charge in [0.1, 0.15) is 5.82 Å². The van der Waals surface area contributed by atoms with Crippen LogP contribution in [0.2, 0.25) is 5.02 Å². The molecular formula is C16H9ClN4O3. The predicted octanol–water partition coefficient (Wildman–Crippen LogP) is 1.50. The molecule has 0 saturated carbocycles. The number of aromatic nitrogens is 2.